The maximum absolute atomic E-state index is 12.4. The number of carbonyl (C=O) groups excluding carboxylic acids is 1. The average Bonchev–Trinajstić information content (AvgIpc) is 2.43. The van der Waals surface area contributed by atoms with Gasteiger partial charge in [-0.05, 0) is 42.9 Å². The van der Waals surface area contributed by atoms with E-state index in [1.165, 1.54) is 0 Å². The molecule has 1 saturated carbocycles. The molecule has 4 heteroatoms. The molecule has 0 amide bonds. The molecule has 1 aliphatic carbocycles. The Hall–Kier alpha value is -0.610. The van der Waals surface area contributed by atoms with Crippen molar-refractivity contribution in [2.75, 3.05) is 19.8 Å². The fourth-order valence-electron chi connectivity index (χ4n) is 3.49. The summed E-state index contributed by atoms with van der Waals surface area (Å²) in [4.78, 5) is 12.4. The van der Waals surface area contributed by atoms with E-state index in [4.69, 9.17) is 15.2 Å². The fourth-order valence-corrected chi connectivity index (χ4v) is 3.49. The van der Waals surface area contributed by atoms with Crippen LogP contribution < -0.4 is 5.73 Å². The summed E-state index contributed by atoms with van der Waals surface area (Å²) >= 11 is 0. The predicted octanol–water partition coefficient (Wildman–Crippen LogP) is 2.36. The van der Waals surface area contributed by atoms with Crippen LogP contribution in [0.25, 0.3) is 0 Å². The smallest absolute Gasteiger partial charge is 0.309 e. The number of esters is 1. The van der Waals surface area contributed by atoms with Gasteiger partial charge in [-0.25, -0.2) is 0 Å². The quantitative estimate of drug-likeness (QED) is 0.808. The molecule has 3 atom stereocenters. The summed E-state index contributed by atoms with van der Waals surface area (Å²) in [6.07, 6.45) is 3.78. The topological polar surface area (TPSA) is 61.6 Å². The molecule has 1 heterocycles. The highest BCUT2D eigenvalue weighted by atomic mass is 16.5. The van der Waals surface area contributed by atoms with E-state index in [0.717, 1.165) is 38.9 Å². The van der Waals surface area contributed by atoms with Gasteiger partial charge in [0.15, 0.2) is 0 Å². The predicted molar refractivity (Wildman–Crippen MR) is 78.1 cm³/mol. The van der Waals surface area contributed by atoms with Crippen molar-refractivity contribution >= 4 is 5.97 Å². The molecule has 2 N–H and O–H groups in total. The Bertz CT molecular complexity index is 337. The van der Waals surface area contributed by atoms with E-state index in [1.54, 1.807) is 0 Å². The van der Waals surface area contributed by atoms with Gasteiger partial charge < -0.3 is 15.2 Å². The van der Waals surface area contributed by atoms with Gasteiger partial charge in [0.05, 0.1) is 12.5 Å². The van der Waals surface area contributed by atoms with E-state index in [1.807, 2.05) is 0 Å². The first-order valence-corrected chi connectivity index (χ1v) is 7.93. The molecule has 0 spiro atoms. The first kappa shape index (κ1) is 15.8. The van der Waals surface area contributed by atoms with E-state index < -0.39 is 0 Å². The lowest BCUT2D eigenvalue weighted by Crippen LogP contribution is -2.49. The molecule has 20 heavy (non-hydrogen) atoms. The number of rotatable bonds is 3. The summed E-state index contributed by atoms with van der Waals surface area (Å²) in [5, 5.41) is 0. The van der Waals surface area contributed by atoms with E-state index in [9.17, 15) is 4.79 Å². The van der Waals surface area contributed by atoms with Crippen LogP contribution in [0.1, 0.15) is 46.5 Å². The van der Waals surface area contributed by atoms with Gasteiger partial charge in [-0.3, -0.25) is 4.79 Å². The molecule has 3 unspecified atom stereocenters. The van der Waals surface area contributed by atoms with Crippen LogP contribution in [0.5, 0.6) is 0 Å². The molecule has 0 aromatic heterocycles. The number of hydrogen-bond donors (Lipinski definition) is 1. The highest BCUT2D eigenvalue weighted by Gasteiger charge is 2.45. The minimum Gasteiger partial charge on any atom is -0.465 e. The normalized spacial score (nSPS) is 34.7. The van der Waals surface area contributed by atoms with Crippen LogP contribution in [-0.2, 0) is 14.3 Å². The van der Waals surface area contributed by atoms with Gasteiger partial charge in [-0.15, -0.1) is 0 Å². The Morgan fingerprint density at radius 2 is 1.90 bits per heavy atom. The van der Waals surface area contributed by atoms with Gasteiger partial charge in [0.25, 0.3) is 0 Å². The Kier molecular flexibility index (Phi) is 5.08. The third kappa shape index (κ3) is 3.34. The molecule has 0 bridgehead atoms. The standard InChI is InChI=1S/C16H29NO3/c1-11-14(17)5-4-13(16(11,2)3)15(18)20-10-12-6-8-19-9-7-12/h11-14H,4-10,17H2,1-3H3. The van der Waals surface area contributed by atoms with Gasteiger partial charge in [-0.1, -0.05) is 20.8 Å². The van der Waals surface area contributed by atoms with Crippen molar-refractivity contribution in [3.63, 3.8) is 0 Å². The molecule has 116 valence electrons. The maximum atomic E-state index is 12.4. The molecule has 2 rings (SSSR count). The van der Waals surface area contributed by atoms with Crippen molar-refractivity contribution in [1.82, 2.24) is 0 Å². The monoisotopic (exact) mass is 283 g/mol. The minimum atomic E-state index is -0.0789. The molecule has 0 radical (unpaired) electrons. The Labute approximate surface area is 122 Å². The third-order valence-corrected chi connectivity index (χ3v) is 5.59. The molecule has 2 aliphatic rings. The Balaban J connectivity index is 1.88. The van der Waals surface area contributed by atoms with Gasteiger partial charge in [0, 0.05) is 19.3 Å². The van der Waals surface area contributed by atoms with Crippen LogP contribution in [0.4, 0.5) is 0 Å². The fraction of sp³-hybridized carbons (Fsp3) is 0.938. The number of carbonyl (C=O) groups is 1. The molecule has 0 aromatic rings. The number of hydrogen-bond acceptors (Lipinski definition) is 4. The van der Waals surface area contributed by atoms with Crippen LogP contribution in [0.3, 0.4) is 0 Å². The summed E-state index contributed by atoms with van der Waals surface area (Å²) in [6, 6.07) is 0.199. The molecule has 1 aliphatic heterocycles. The Morgan fingerprint density at radius 1 is 1.25 bits per heavy atom. The molecule has 1 saturated heterocycles. The second-order valence-corrected chi connectivity index (χ2v) is 7.09. The maximum Gasteiger partial charge on any atom is 0.309 e. The highest BCUT2D eigenvalue weighted by molar-refractivity contribution is 5.73. The largest absolute Gasteiger partial charge is 0.465 e. The lowest BCUT2D eigenvalue weighted by atomic mass is 9.61. The molecule has 4 nitrogen and oxygen atoms in total. The average molecular weight is 283 g/mol. The summed E-state index contributed by atoms with van der Waals surface area (Å²) < 4.78 is 10.9. The van der Waals surface area contributed by atoms with E-state index in [-0.39, 0.29) is 23.3 Å². The van der Waals surface area contributed by atoms with Gasteiger partial charge in [-0.2, -0.15) is 0 Å². The van der Waals surface area contributed by atoms with E-state index in [2.05, 4.69) is 20.8 Å². The lowest BCUT2D eigenvalue weighted by Gasteiger charge is -2.45. The zero-order chi connectivity index (χ0) is 14.8. The van der Waals surface area contributed by atoms with Crippen LogP contribution >= 0.6 is 0 Å². The van der Waals surface area contributed by atoms with Crippen molar-refractivity contribution in [2.45, 2.75) is 52.5 Å². The molecule has 0 aromatic carbocycles. The summed E-state index contributed by atoms with van der Waals surface area (Å²) in [7, 11) is 0. The first-order valence-electron chi connectivity index (χ1n) is 7.93. The van der Waals surface area contributed by atoms with E-state index >= 15 is 0 Å². The van der Waals surface area contributed by atoms with Gasteiger partial charge in [0.1, 0.15) is 0 Å². The van der Waals surface area contributed by atoms with Crippen molar-refractivity contribution in [3.8, 4) is 0 Å². The summed E-state index contributed by atoms with van der Waals surface area (Å²) in [5.41, 5.74) is 6.06. The second kappa shape index (κ2) is 6.44. The summed E-state index contributed by atoms with van der Waals surface area (Å²) in [6.45, 7) is 8.60. The van der Waals surface area contributed by atoms with Crippen molar-refractivity contribution in [2.24, 2.45) is 28.9 Å². The third-order valence-electron chi connectivity index (χ3n) is 5.59. The zero-order valence-electron chi connectivity index (χ0n) is 13.1. The van der Waals surface area contributed by atoms with Crippen LogP contribution in [0.2, 0.25) is 0 Å². The lowest BCUT2D eigenvalue weighted by molar-refractivity contribution is -0.159. The van der Waals surface area contributed by atoms with Crippen molar-refractivity contribution < 1.29 is 14.3 Å². The Morgan fingerprint density at radius 3 is 2.55 bits per heavy atom. The number of nitrogens with two attached hydrogens (primary N) is 1. The summed E-state index contributed by atoms with van der Waals surface area (Å²) in [5.74, 6) is 0.772. The molecule has 2 fully saturated rings. The number of ether oxygens (including phenoxy) is 2. The molecular weight excluding hydrogens is 254 g/mol. The molecular formula is C16H29NO3. The van der Waals surface area contributed by atoms with Crippen LogP contribution in [0.15, 0.2) is 0 Å². The van der Waals surface area contributed by atoms with Crippen LogP contribution in [-0.4, -0.2) is 31.8 Å². The van der Waals surface area contributed by atoms with Gasteiger partial charge >= 0.3 is 5.97 Å². The van der Waals surface area contributed by atoms with Gasteiger partial charge in [0.2, 0.25) is 0 Å². The van der Waals surface area contributed by atoms with Crippen molar-refractivity contribution in [1.29, 1.82) is 0 Å². The van der Waals surface area contributed by atoms with Crippen LogP contribution in [0, 0.1) is 23.2 Å². The second-order valence-electron chi connectivity index (χ2n) is 7.09. The SMILES string of the molecule is CC1C(N)CCC(C(=O)OCC2CCOCC2)C1(C)C. The van der Waals surface area contributed by atoms with E-state index in [0.29, 0.717) is 18.4 Å². The first-order chi connectivity index (χ1) is 9.43. The zero-order valence-corrected chi connectivity index (χ0v) is 13.1. The van der Waals surface area contributed by atoms with Crippen molar-refractivity contribution in [3.05, 3.63) is 0 Å². The highest BCUT2D eigenvalue weighted by Crippen LogP contribution is 2.44. The minimum absolute atomic E-state index is 0.0165.